The van der Waals surface area contributed by atoms with E-state index >= 15 is 0 Å². The molecule has 0 radical (unpaired) electrons. The molecule has 1 N–H and O–H groups in total. The first-order chi connectivity index (χ1) is 5.00. The van der Waals surface area contributed by atoms with Gasteiger partial charge >= 0.3 is 6.18 Å². The fourth-order valence-corrected chi connectivity index (χ4v) is 1.41. The van der Waals surface area contributed by atoms with Gasteiger partial charge in [-0.25, -0.2) is 0 Å². The van der Waals surface area contributed by atoms with E-state index < -0.39 is 12.1 Å². The van der Waals surface area contributed by atoms with Crippen molar-refractivity contribution in [3.63, 3.8) is 0 Å². The van der Waals surface area contributed by atoms with Gasteiger partial charge in [-0.3, -0.25) is 0 Å². The zero-order chi connectivity index (χ0) is 8.48. The molecule has 2 atom stereocenters. The van der Waals surface area contributed by atoms with Gasteiger partial charge in [0.25, 0.3) is 0 Å². The van der Waals surface area contributed by atoms with Crippen LogP contribution in [-0.2, 0) is 0 Å². The quantitative estimate of drug-likeness (QED) is 0.580. The molecule has 2 unspecified atom stereocenters. The van der Waals surface area contributed by atoms with E-state index in [4.69, 9.17) is 0 Å². The minimum absolute atomic E-state index is 0.0911. The molecule has 0 saturated carbocycles. The second-order valence-corrected chi connectivity index (χ2v) is 3.24. The fourth-order valence-electron chi connectivity index (χ4n) is 1.41. The third-order valence-electron chi connectivity index (χ3n) is 2.03. The highest BCUT2D eigenvalue weighted by atomic mass is 19.4. The minimum Gasteiger partial charge on any atom is -0.316 e. The number of rotatable bonds is 0. The first kappa shape index (κ1) is 8.84. The summed E-state index contributed by atoms with van der Waals surface area (Å²) >= 11 is 0. The Morgan fingerprint density at radius 1 is 1.27 bits per heavy atom. The highest BCUT2D eigenvalue weighted by Gasteiger charge is 2.41. The van der Waals surface area contributed by atoms with Crippen molar-refractivity contribution in [2.75, 3.05) is 13.1 Å². The van der Waals surface area contributed by atoms with Gasteiger partial charge in [-0.2, -0.15) is 13.2 Å². The van der Waals surface area contributed by atoms with E-state index in [1.807, 2.05) is 6.92 Å². The Bertz CT molecular complexity index is 132. The van der Waals surface area contributed by atoms with Crippen molar-refractivity contribution in [1.29, 1.82) is 0 Å². The molecule has 0 amide bonds. The normalized spacial score (nSPS) is 33.8. The van der Waals surface area contributed by atoms with Crippen LogP contribution in [0.3, 0.4) is 0 Å². The SMILES string of the molecule is CC1CNCC(C(F)(F)F)C1. The molecule has 1 aliphatic rings. The summed E-state index contributed by atoms with van der Waals surface area (Å²) in [5.41, 5.74) is 0. The monoisotopic (exact) mass is 167 g/mol. The van der Waals surface area contributed by atoms with Gasteiger partial charge < -0.3 is 5.32 Å². The number of hydrogen-bond donors (Lipinski definition) is 1. The van der Waals surface area contributed by atoms with E-state index in [1.165, 1.54) is 0 Å². The Morgan fingerprint density at radius 2 is 1.91 bits per heavy atom. The third-order valence-corrected chi connectivity index (χ3v) is 2.03. The summed E-state index contributed by atoms with van der Waals surface area (Å²) in [5.74, 6) is -0.985. The van der Waals surface area contributed by atoms with Crippen LogP contribution in [0.5, 0.6) is 0 Å². The largest absolute Gasteiger partial charge is 0.393 e. The zero-order valence-corrected chi connectivity index (χ0v) is 6.41. The maximum Gasteiger partial charge on any atom is 0.393 e. The van der Waals surface area contributed by atoms with Crippen molar-refractivity contribution < 1.29 is 13.2 Å². The van der Waals surface area contributed by atoms with E-state index in [0.29, 0.717) is 6.54 Å². The lowest BCUT2D eigenvalue weighted by molar-refractivity contribution is -0.181. The van der Waals surface area contributed by atoms with Gasteiger partial charge in [0.05, 0.1) is 5.92 Å². The highest BCUT2D eigenvalue weighted by molar-refractivity contribution is 4.78. The molecule has 0 aromatic rings. The second kappa shape index (κ2) is 3.01. The lowest BCUT2D eigenvalue weighted by Gasteiger charge is -2.29. The molecular formula is C7H12F3N. The molecule has 4 heteroatoms. The summed E-state index contributed by atoms with van der Waals surface area (Å²) in [6.07, 6.45) is -3.74. The smallest absolute Gasteiger partial charge is 0.316 e. The van der Waals surface area contributed by atoms with Crippen molar-refractivity contribution >= 4 is 0 Å². The summed E-state index contributed by atoms with van der Waals surface area (Å²) in [4.78, 5) is 0. The van der Waals surface area contributed by atoms with Crippen LogP contribution in [-0.4, -0.2) is 19.3 Å². The van der Waals surface area contributed by atoms with Gasteiger partial charge in [-0.1, -0.05) is 6.92 Å². The van der Waals surface area contributed by atoms with Crippen molar-refractivity contribution in [1.82, 2.24) is 5.32 Å². The predicted octanol–water partition coefficient (Wildman–Crippen LogP) is 1.79. The first-order valence-electron chi connectivity index (χ1n) is 3.77. The van der Waals surface area contributed by atoms with Crippen LogP contribution < -0.4 is 5.32 Å². The average Bonchev–Trinajstić information content (AvgIpc) is 1.86. The van der Waals surface area contributed by atoms with E-state index in [1.54, 1.807) is 0 Å². The zero-order valence-electron chi connectivity index (χ0n) is 6.41. The number of nitrogens with one attached hydrogen (secondary N) is 1. The van der Waals surface area contributed by atoms with Crippen LogP contribution in [0.1, 0.15) is 13.3 Å². The van der Waals surface area contributed by atoms with Gasteiger partial charge in [0.2, 0.25) is 0 Å². The van der Waals surface area contributed by atoms with E-state index in [-0.39, 0.29) is 18.9 Å². The van der Waals surface area contributed by atoms with Gasteiger partial charge in [-0.15, -0.1) is 0 Å². The molecular weight excluding hydrogens is 155 g/mol. The molecule has 1 heterocycles. The maximum absolute atomic E-state index is 12.1. The van der Waals surface area contributed by atoms with Crippen LogP contribution in [0.15, 0.2) is 0 Å². The molecule has 1 aliphatic heterocycles. The fraction of sp³-hybridized carbons (Fsp3) is 1.00. The molecule has 0 spiro atoms. The number of halogens is 3. The molecule has 1 saturated heterocycles. The molecule has 11 heavy (non-hydrogen) atoms. The molecule has 66 valence electrons. The predicted molar refractivity (Wildman–Crippen MR) is 36.2 cm³/mol. The Balaban J connectivity index is 2.46. The standard InChI is InChI=1S/C7H12F3N/c1-5-2-6(4-11-3-5)7(8,9)10/h5-6,11H,2-4H2,1H3. The average molecular weight is 167 g/mol. The Hall–Kier alpha value is -0.250. The Labute approximate surface area is 64.0 Å². The molecule has 0 bridgehead atoms. The molecule has 0 aromatic heterocycles. The Kier molecular flexibility index (Phi) is 2.42. The topological polar surface area (TPSA) is 12.0 Å². The summed E-state index contributed by atoms with van der Waals surface area (Å²) in [6.45, 7) is 2.64. The summed E-state index contributed by atoms with van der Waals surface area (Å²) < 4.78 is 36.2. The van der Waals surface area contributed by atoms with Gasteiger partial charge in [0.1, 0.15) is 0 Å². The lowest BCUT2D eigenvalue weighted by Crippen LogP contribution is -2.41. The maximum atomic E-state index is 12.1. The molecule has 1 nitrogen and oxygen atoms in total. The molecule has 0 aliphatic carbocycles. The molecule has 0 aromatic carbocycles. The van der Waals surface area contributed by atoms with E-state index in [0.717, 1.165) is 0 Å². The minimum atomic E-state index is -4.01. The van der Waals surface area contributed by atoms with Crippen molar-refractivity contribution in [3.8, 4) is 0 Å². The highest BCUT2D eigenvalue weighted by Crippen LogP contribution is 2.32. The van der Waals surface area contributed by atoms with Crippen molar-refractivity contribution in [3.05, 3.63) is 0 Å². The van der Waals surface area contributed by atoms with Crippen LogP contribution in [0, 0.1) is 11.8 Å². The molecule has 1 rings (SSSR count). The summed E-state index contributed by atoms with van der Waals surface area (Å²) in [7, 11) is 0. The van der Waals surface area contributed by atoms with Crippen LogP contribution in [0.25, 0.3) is 0 Å². The first-order valence-corrected chi connectivity index (χ1v) is 3.77. The van der Waals surface area contributed by atoms with Gasteiger partial charge in [0, 0.05) is 6.54 Å². The summed E-state index contributed by atoms with van der Waals surface area (Å²) in [5, 5.41) is 2.77. The van der Waals surface area contributed by atoms with Crippen LogP contribution >= 0.6 is 0 Å². The Morgan fingerprint density at radius 3 is 2.27 bits per heavy atom. The van der Waals surface area contributed by atoms with E-state index in [9.17, 15) is 13.2 Å². The second-order valence-electron chi connectivity index (χ2n) is 3.24. The van der Waals surface area contributed by atoms with E-state index in [2.05, 4.69) is 5.32 Å². The third kappa shape index (κ3) is 2.36. The van der Waals surface area contributed by atoms with Crippen molar-refractivity contribution in [2.45, 2.75) is 19.5 Å². The van der Waals surface area contributed by atoms with Gasteiger partial charge in [-0.05, 0) is 18.9 Å². The van der Waals surface area contributed by atoms with Gasteiger partial charge in [0.15, 0.2) is 0 Å². The number of piperidine rings is 1. The molecule has 1 fully saturated rings. The lowest BCUT2D eigenvalue weighted by atomic mass is 9.91. The number of hydrogen-bond acceptors (Lipinski definition) is 1. The van der Waals surface area contributed by atoms with Crippen LogP contribution in [0.4, 0.5) is 13.2 Å². The van der Waals surface area contributed by atoms with Crippen LogP contribution in [0.2, 0.25) is 0 Å². The number of alkyl halides is 3. The summed E-state index contributed by atoms with van der Waals surface area (Å²) in [6, 6.07) is 0. The van der Waals surface area contributed by atoms with Crippen molar-refractivity contribution in [2.24, 2.45) is 11.8 Å².